The van der Waals surface area contributed by atoms with E-state index in [0.717, 1.165) is 0 Å². The molecule has 0 aliphatic heterocycles. The van der Waals surface area contributed by atoms with Gasteiger partial charge < -0.3 is 25.1 Å². The van der Waals surface area contributed by atoms with Crippen molar-refractivity contribution in [3.8, 4) is 17.2 Å². The van der Waals surface area contributed by atoms with Crippen LogP contribution in [0.3, 0.4) is 0 Å². The maximum Gasteiger partial charge on any atom is 0.203 e. The molecule has 5 nitrogen and oxygen atoms in total. The van der Waals surface area contributed by atoms with Crippen LogP contribution in [0.1, 0.15) is 0 Å². The third kappa shape index (κ3) is 3.01. The number of hydrogen-bond acceptors (Lipinski definition) is 5. The summed E-state index contributed by atoms with van der Waals surface area (Å²) in [5.74, 6) is 1.59. The van der Waals surface area contributed by atoms with E-state index in [1.165, 1.54) is 0 Å². The Morgan fingerprint density at radius 2 is 1.81 bits per heavy atom. The molecule has 0 spiro atoms. The summed E-state index contributed by atoms with van der Waals surface area (Å²) in [6.07, 6.45) is -0.699. The van der Waals surface area contributed by atoms with Crippen LogP contribution in [0.2, 0.25) is 0 Å². The Morgan fingerprint density at radius 3 is 2.25 bits per heavy atom. The van der Waals surface area contributed by atoms with Crippen molar-refractivity contribution in [2.75, 3.05) is 27.4 Å². The molecular formula is C11H17NO4. The van der Waals surface area contributed by atoms with Gasteiger partial charge in [0.05, 0.1) is 14.2 Å². The molecule has 16 heavy (non-hydrogen) atoms. The van der Waals surface area contributed by atoms with Crippen LogP contribution in [0.5, 0.6) is 17.2 Å². The molecule has 1 aromatic rings. The highest BCUT2D eigenvalue weighted by Gasteiger charge is 2.12. The number of methoxy groups -OCH3 is 2. The number of hydrogen-bond donors (Lipinski definition) is 2. The summed E-state index contributed by atoms with van der Waals surface area (Å²) in [4.78, 5) is 0. The predicted molar refractivity (Wildman–Crippen MR) is 60.1 cm³/mol. The van der Waals surface area contributed by atoms with E-state index < -0.39 is 6.10 Å². The normalized spacial score (nSPS) is 12.0. The lowest BCUT2D eigenvalue weighted by atomic mass is 10.3. The summed E-state index contributed by atoms with van der Waals surface area (Å²) in [7, 11) is 3.09. The van der Waals surface area contributed by atoms with Crippen molar-refractivity contribution < 1.29 is 19.3 Å². The van der Waals surface area contributed by atoms with Crippen LogP contribution < -0.4 is 19.9 Å². The molecular weight excluding hydrogens is 210 g/mol. The van der Waals surface area contributed by atoms with Gasteiger partial charge in [-0.15, -0.1) is 0 Å². The van der Waals surface area contributed by atoms with Gasteiger partial charge in [-0.3, -0.25) is 0 Å². The molecule has 1 atom stereocenters. The molecule has 5 heteroatoms. The quantitative estimate of drug-likeness (QED) is 0.736. The van der Waals surface area contributed by atoms with E-state index in [0.29, 0.717) is 17.2 Å². The lowest BCUT2D eigenvalue weighted by Crippen LogP contribution is -2.26. The van der Waals surface area contributed by atoms with Crippen LogP contribution in [0, 0.1) is 0 Å². The minimum absolute atomic E-state index is 0.104. The van der Waals surface area contributed by atoms with Crippen LogP contribution in [0.15, 0.2) is 18.2 Å². The number of nitrogens with two attached hydrogens (primary N) is 1. The average molecular weight is 227 g/mol. The van der Waals surface area contributed by atoms with E-state index in [1.54, 1.807) is 32.4 Å². The summed E-state index contributed by atoms with van der Waals surface area (Å²) in [6, 6.07) is 5.31. The van der Waals surface area contributed by atoms with Gasteiger partial charge in [0.25, 0.3) is 0 Å². The molecule has 0 saturated heterocycles. The van der Waals surface area contributed by atoms with Gasteiger partial charge in [0.2, 0.25) is 5.75 Å². The Morgan fingerprint density at radius 1 is 1.25 bits per heavy atom. The third-order valence-electron chi connectivity index (χ3n) is 2.07. The van der Waals surface area contributed by atoms with Gasteiger partial charge in [0.1, 0.15) is 12.7 Å². The van der Waals surface area contributed by atoms with Crippen LogP contribution in [0.25, 0.3) is 0 Å². The van der Waals surface area contributed by atoms with Crippen molar-refractivity contribution in [2.45, 2.75) is 6.10 Å². The van der Waals surface area contributed by atoms with E-state index in [9.17, 15) is 5.11 Å². The molecule has 0 heterocycles. The standard InChI is InChI=1S/C11H17NO4/c1-14-9-4-3-5-10(15-2)11(9)16-7-8(13)6-12/h3-5,8,13H,6-7,12H2,1-2H3/t8-/m0/s1. The third-order valence-corrected chi connectivity index (χ3v) is 2.07. The number of rotatable bonds is 6. The second-order valence-corrected chi connectivity index (χ2v) is 3.19. The van der Waals surface area contributed by atoms with Crippen molar-refractivity contribution in [3.05, 3.63) is 18.2 Å². The van der Waals surface area contributed by atoms with E-state index in [-0.39, 0.29) is 13.2 Å². The highest BCUT2D eigenvalue weighted by molar-refractivity contribution is 5.51. The Labute approximate surface area is 94.7 Å². The molecule has 1 aromatic carbocycles. The summed E-state index contributed by atoms with van der Waals surface area (Å²) in [6.45, 7) is 0.255. The molecule has 3 N–H and O–H groups in total. The second kappa shape index (κ2) is 6.19. The van der Waals surface area contributed by atoms with Crippen LogP contribution in [-0.4, -0.2) is 38.6 Å². The molecule has 0 amide bonds. The van der Waals surface area contributed by atoms with E-state index in [1.807, 2.05) is 0 Å². The Balaban J connectivity index is 2.82. The number of benzene rings is 1. The van der Waals surface area contributed by atoms with Crippen molar-refractivity contribution in [2.24, 2.45) is 5.73 Å². The number of aliphatic hydroxyl groups excluding tert-OH is 1. The van der Waals surface area contributed by atoms with Gasteiger partial charge in [-0.05, 0) is 12.1 Å². The van der Waals surface area contributed by atoms with Crippen LogP contribution >= 0.6 is 0 Å². The molecule has 0 bridgehead atoms. The first-order valence-corrected chi connectivity index (χ1v) is 4.94. The van der Waals surface area contributed by atoms with Crippen molar-refractivity contribution in [1.29, 1.82) is 0 Å². The van der Waals surface area contributed by atoms with Gasteiger partial charge in [-0.2, -0.15) is 0 Å². The lowest BCUT2D eigenvalue weighted by Gasteiger charge is -2.15. The largest absolute Gasteiger partial charge is 0.493 e. The van der Waals surface area contributed by atoms with Crippen molar-refractivity contribution in [3.63, 3.8) is 0 Å². The fourth-order valence-electron chi connectivity index (χ4n) is 1.21. The SMILES string of the molecule is COc1cccc(OC)c1OC[C@@H](O)CN. The smallest absolute Gasteiger partial charge is 0.203 e. The zero-order chi connectivity index (χ0) is 12.0. The summed E-state index contributed by atoms with van der Waals surface area (Å²) >= 11 is 0. The van der Waals surface area contributed by atoms with E-state index in [4.69, 9.17) is 19.9 Å². The summed E-state index contributed by atoms with van der Waals surface area (Å²) < 4.78 is 15.7. The molecule has 0 saturated carbocycles. The Hall–Kier alpha value is -1.46. The zero-order valence-corrected chi connectivity index (χ0v) is 9.47. The lowest BCUT2D eigenvalue weighted by molar-refractivity contribution is 0.110. The van der Waals surface area contributed by atoms with Gasteiger partial charge >= 0.3 is 0 Å². The predicted octanol–water partition coefficient (Wildman–Crippen LogP) is 0.402. The molecule has 0 unspecified atom stereocenters. The Kier molecular flexibility index (Phi) is 4.88. The topological polar surface area (TPSA) is 73.9 Å². The van der Waals surface area contributed by atoms with E-state index >= 15 is 0 Å². The minimum Gasteiger partial charge on any atom is -0.493 e. The van der Waals surface area contributed by atoms with Gasteiger partial charge in [-0.25, -0.2) is 0 Å². The number of ether oxygens (including phenoxy) is 3. The fraction of sp³-hybridized carbons (Fsp3) is 0.455. The monoisotopic (exact) mass is 227 g/mol. The second-order valence-electron chi connectivity index (χ2n) is 3.19. The van der Waals surface area contributed by atoms with Crippen molar-refractivity contribution in [1.82, 2.24) is 0 Å². The molecule has 90 valence electrons. The Bertz CT molecular complexity index is 308. The highest BCUT2D eigenvalue weighted by atomic mass is 16.5. The fourth-order valence-corrected chi connectivity index (χ4v) is 1.21. The molecule has 0 aliphatic carbocycles. The van der Waals surface area contributed by atoms with Gasteiger partial charge in [0, 0.05) is 6.54 Å². The minimum atomic E-state index is -0.699. The van der Waals surface area contributed by atoms with E-state index in [2.05, 4.69) is 0 Å². The van der Waals surface area contributed by atoms with Gasteiger partial charge in [-0.1, -0.05) is 6.07 Å². The maximum atomic E-state index is 9.31. The molecule has 0 aliphatic rings. The molecule has 0 aromatic heterocycles. The van der Waals surface area contributed by atoms with Crippen LogP contribution in [-0.2, 0) is 0 Å². The summed E-state index contributed by atoms with van der Waals surface area (Å²) in [5, 5.41) is 9.31. The van der Waals surface area contributed by atoms with Crippen molar-refractivity contribution >= 4 is 0 Å². The first-order chi connectivity index (χ1) is 7.72. The summed E-state index contributed by atoms with van der Waals surface area (Å²) in [5.41, 5.74) is 5.28. The maximum absolute atomic E-state index is 9.31. The van der Waals surface area contributed by atoms with Gasteiger partial charge in [0.15, 0.2) is 11.5 Å². The first-order valence-electron chi connectivity index (χ1n) is 4.94. The molecule has 0 fully saturated rings. The molecule has 1 rings (SSSR count). The number of para-hydroxylation sites is 1. The molecule has 0 radical (unpaired) electrons. The number of aliphatic hydroxyl groups is 1. The first kappa shape index (κ1) is 12.6. The zero-order valence-electron chi connectivity index (χ0n) is 9.47. The average Bonchev–Trinajstić information content (AvgIpc) is 2.35. The van der Waals surface area contributed by atoms with Crippen LogP contribution in [0.4, 0.5) is 0 Å². The highest BCUT2D eigenvalue weighted by Crippen LogP contribution is 2.36.